The smallest absolute Gasteiger partial charge is 0.418 e. The van der Waals surface area contributed by atoms with E-state index in [1.807, 2.05) is 0 Å². The second-order valence-corrected chi connectivity index (χ2v) is 8.85. The van der Waals surface area contributed by atoms with E-state index in [9.17, 15) is 26.4 Å². The predicted octanol–water partition coefficient (Wildman–Crippen LogP) is 2.98. The molecule has 1 aliphatic heterocycles. The first-order chi connectivity index (χ1) is 14.5. The van der Waals surface area contributed by atoms with Crippen LogP contribution >= 0.6 is 0 Å². The van der Waals surface area contributed by atoms with Crippen LogP contribution in [0.3, 0.4) is 0 Å². The van der Waals surface area contributed by atoms with Crippen molar-refractivity contribution in [2.45, 2.75) is 18.0 Å². The summed E-state index contributed by atoms with van der Waals surface area (Å²) >= 11 is 0. The number of piperazine rings is 1. The molecule has 168 valence electrons. The highest BCUT2D eigenvalue weighted by molar-refractivity contribution is 7.89. The fourth-order valence-corrected chi connectivity index (χ4v) is 4.77. The highest BCUT2D eigenvalue weighted by atomic mass is 32.2. The molecule has 0 aliphatic carbocycles. The zero-order valence-electron chi connectivity index (χ0n) is 16.7. The molecule has 1 saturated heterocycles. The van der Waals surface area contributed by atoms with Crippen LogP contribution in [-0.2, 0) is 20.9 Å². The number of halogens is 3. The molecule has 0 bridgehead atoms. The first kappa shape index (κ1) is 22.9. The largest absolute Gasteiger partial charge is 0.462 e. The van der Waals surface area contributed by atoms with Crippen molar-refractivity contribution in [2.75, 3.05) is 43.4 Å². The van der Waals surface area contributed by atoms with Crippen LogP contribution in [0.4, 0.5) is 24.5 Å². The van der Waals surface area contributed by atoms with Crippen molar-refractivity contribution < 1.29 is 31.1 Å². The SMILES string of the molecule is CCOC(=O)c1ccc(S(=O)(=O)N2CCN(c3ccc(N)cc3C(F)(F)F)CC2)cc1. The van der Waals surface area contributed by atoms with Crippen molar-refractivity contribution >= 4 is 27.4 Å². The number of carbonyl (C=O) groups is 1. The third-order valence-electron chi connectivity index (χ3n) is 4.91. The van der Waals surface area contributed by atoms with Crippen molar-refractivity contribution in [2.24, 2.45) is 0 Å². The number of sulfonamides is 1. The molecule has 11 heteroatoms. The lowest BCUT2D eigenvalue weighted by molar-refractivity contribution is -0.137. The highest BCUT2D eigenvalue weighted by Gasteiger charge is 2.37. The summed E-state index contributed by atoms with van der Waals surface area (Å²) in [5, 5.41) is 0. The Morgan fingerprint density at radius 2 is 1.68 bits per heavy atom. The Morgan fingerprint density at radius 3 is 2.23 bits per heavy atom. The molecule has 0 amide bonds. The quantitative estimate of drug-likeness (QED) is 0.548. The standard InChI is InChI=1S/C20H22F3N3O4S/c1-2-30-19(27)14-3-6-16(7-4-14)31(28,29)26-11-9-25(10-12-26)18-8-5-15(24)13-17(18)20(21,22)23/h3-8,13H,2,9-12,24H2,1H3. The molecule has 1 aliphatic rings. The summed E-state index contributed by atoms with van der Waals surface area (Å²) in [4.78, 5) is 13.2. The van der Waals surface area contributed by atoms with Crippen LogP contribution in [0.2, 0.25) is 0 Å². The summed E-state index contributed by atoms with van der Waals surface area (Å²) in [6, 6.07) is 8.93. The Balaban J connectivity index is 1.74. The molecule has 7 nitrogen and oxygen atoms in total. The van der Waals surface area contributed by atoms with Gasteiger partial charge in [-0.3, -0.25) is 0 Å². The molecule has 0 unspecified atom stereocenters. The summed E-state index contributed by atoms with van der Waals surface area (Å²) in [5.74, 6) is -0.552. The zero-order chi connectivity index (χ0) is 22.8. The van der Waals surface area contributed by atoms with E-state index < -0.39 is 27.7 Å². The van der Waals surface area contributed by atoms with Crippen LogP contribution in [0, 0.1) is 0 Å². The highest BCUT2D eigenvalue weighted by Crippen LogP contribution is 2.38. The maximum Gasteiger partial charge on any atom is 0.418 e. The number of nitrogens with two attached hydrogens (primary N) is 1. The fraction of sp³-hybridized carbons (Fsp3) is 0.350. The molecular weight excluding hydrogens is 435 g/mol. The third-order valence-corrected chi connectivity index (χ3v) is 6.82. The molecule has 0 radical (unpaired) electrons. The van der Waals surface area contributed by atoms with Gasteiger partial charge in [0.25, 0.3) is 0 Å². The molecule has 3 rings (SSSR count). The lowest BCUT2D eigenvalue weighted by atomic mass is 10.1. The van der Waals surface area contributed by atoms with Gasteiger partial charge in [-0.15, -0.1) is 0 Å². The average molecular weight is 457 g/mol. The van der Waals surface area contributed by atoms with Crippen molar-refractivity contribution in [1.29, 1.82) is 0 Å². The van der Waals surface area contributed by atoms with Crippen LogP contribution in [0.1, 0.15) is 22.8 Å². The van der Waals surface area contributed by atoms with Gasteiger partial charge in [0.05, 0.1) is 22.6 Å². The van der Waals surface area contributed by atoms with Crippen LogP contribution in [0.25, 0.3) is 0 Å². The van der Waals surface area contributed by atoms with Crippen molar-refractivity contribution in [3.63, 3.8) is 0 Å². The lowest BCUT2D eigenvalue weighted by Gasteiger charge is -2.36. The van der Waals surface area contributed by atoms with Gasteiger partial charge in [-0.25, -0.2) is 13.2 Å². The number of nitrogens with zero attached hydrogens (tertiary/aromatic N) is 2. The van der Waals surface area contributed by atoms with E-state index in [2.05, 4.69) is 0 Å². The minimum absolute atomic E-state index is 0.00235. The normalized spacial score (nSPS) is 15.7. The first-order valence-corrected chi connectivity index (χ1v) is 11.0. The number of ether oxygens (including phenoxy) is 1. The third kappa shape index (κ3) is 4.93. The monoisotopic (exact) mass is 457 g/mol. The van der Waals surface area contributed by atoms with E-state index >= 15 is 0 Å². The van der Waals surface area contributed by atoms with Crippen LogP contribution in [0.5, 0.6) is 0 Å². The van der Waals surface area contributed by atoms with Gasteiger partial charge in [-0.05, 0) is 49.4 Å². The van der Waals surface area contributed by atoms with Crippen molar-refractivity contribution in [1.82, 2.24) is 4.31 Å². The summed E-state index contributed by atoms with van der Waals surface area (Å²) < 4.78 is 72.1. The molecule has 2 aromatic rings. The van der Waals surface area contributed by atoms with Gasteiger partial charge in [0.2, 0.25) is 10.0 Å². The van der Waals surface area contributed by atoms with E-state index in [0.29, 0.717) is 0 Å². The predicted molar refractivity (Wildman–Crippen MR) is 109 cm³/mol. The van der Waals surface area contributed by atoms with E-state index in [0.717, 1.165) is 6.07 Å². The number of esters is 1. The summed E-state index contributed by atoms with van der Waals surface area (Å²) in [7, 11) is -3.86. The molecule has 0 saturated carbocycles. The van der Waals surface area contributed by atoms with Crippen LogP contribution < -0.4 is 10.6 Å². The van der Waals surface area contributed by atoms with Crippen molar-refractivity contribution in [3.8, 4) is 0 Å². The molecule has 1 heterocycles. The number of carbonyl (C=O) groups excluding carboxylic acids is 1. The maximum absolute atomic E-state index is 13.4. The Bertz CT molecular complexity index is 1050. The van der Waals surface area contributed by atoms with E-state index in [-0.39, 0.29) is 54.6 Å². The number of hydrogen-bond donors (Lipinski definition) is 1. The molecule has 0 aromatic heterocycles. The summed E-state index contributed by atoms with van der Waals surface area (Å²) in [5.41, 5.74) is 4.86. The Morgan fingerprint density at radius 1 is 1.06 bits per heavy atom. The molecule has 31 heavy (non-hydrogen) atoms. The molecular formula is C20H22F3N3O4S. The summed E-state index contributed by atoms with van der Waals surface area (Å²) in [6.45, 7) is 2.08. The Hall–Kier alpha value is -2.79. The van der Waals surface area contributed by atoms with Gasteiger partial charge in [0, 0.05) is 37.6 Å². The van der Waals surface area contributed by atoms with Gasteiger partial charge in [0.1, 0.15) is 0 Å². The van der Waals surface area contributed by atoms with E-state index in [4.69, 9.17) is 10.5 Å². The number of anilines is 2. The van der Waals surface area contributed by atoms with Crippen molar-refractivity contribution in [3.05, 3.63) is 53.6 Å². The number of benzene rings is 2. The molecule has 2 aromatic carbocycles. The topological polar surface area (TPSA) is 92.9 Å². The second kappa shape index (κ2) is 8.75. The van der Waals surface area contributed by atoms with Crippen LogP contribution in [-0.4, -0.2) is 51.5 Å². The van der Waals surface area contributed by atoms with Crippen LogP contribution in [0.15, 0.2) is 47.4 Å². The molecule has 1 fully saturated rings. The minimum atomic E-state index is -4.57. The summed E-state index contributed by atoms with van der Waals surface area (Å²) in [6.07, 6.45) is -4.57. The number of alkyl halides is 3. The number of nitrogen functional groups attached to an aromatic ring is 1. The maximum atomic E-state index is 13.4. The Kier molecular flexibility index (Phi) is 6.46. The van der Waals surface area contributed by atoms with Gasteiger partial charge >= 0.3 is 12.1 Å². The fourth-order valence-electron chi connectivity index (χ4n) is 3.35. The number of hydrogen-bond acceptors (Lipinski definition) is 6. The Labute approximate surface area is 178 Å². The second-order valence-electron chi connectivity index (χ2n) is 6.91. The molecule has 0 spiro atoms. The average Bonchev–Trinajstić information content (AvgIpc) is 2.73. The van der Waals surface area contributed by atoms with Gasteiger partial charge in [-0.1, -0.05) is 0 Å². The molecule has 2 N–H and O–H groups in total. The molecule has 0 atom stereocenters. The zero-order valence-corrected chi connectivity index (χ0v) is 17.5. The van der Waals surface area contributed by atoms with Gasteiger partial charge < -0.3 is 15.4 Å². The first-order valence-electron chi connectivity index (χ1n) is 9.53. The van der Waals surface area contributed by atoms with Gasteiger partial charge in [0.15, 0.2) is 0 Å². The minimum Gasteiger partial charge on any atom is -0.462 e. The van der Waals surface area contributed by atoms with E-state index in [1.54, 1.807) is 6.92 Å². The van der Waals surface area contributed by atoms with Gasteiger partial charge in [-0.2, -0.15) is 17.5 Å². The van der Waals surface area contributed by atoms with E-state index in [1.165, 1.54) is 45.6 Å². The number of rotatable bonds is 5. The lowest BCUT2D eigenvalue weighted by Crippen LogP contribution is -2.49.